The highest BCUT2D eigenvalue weighted by Crippen LogP contribution is 2.26. The van der Waals surface area contributed by atoms with Crippen molar-refractivity contribution in [1.29, 1.82) is 0 Å². The summed E-state index contributed by atoms with van der Waals surface area (Å²) in [4.78, 5) is 26.6. The van der Waals surface area contributed by atoms with E-state index in [2.05, 4.69) is 4.98 Å². The number of aliphatic carboxylic acids is 1. The van der Waals surface area contributed by atoms with Crippen LogP contribution in [0.2, 0.25) is 5.02 Å². The van der Waals surface area contributed by atoms with E-state index in [4.69, 9.17) is 21.4 Å². The van der Waals surface area contributed by atoms with Gasteiger partial charge in [-0.3, -0.25) is 14.6 Å². The second-order valence-corrected chi connectivity index (χ2v) is 5.01. The van der Waals surface area contributed by atoms with Gasteiger partial charge in [0, 0.05) is 11.2 Å². The van der Waals surface area contributed by atoms with Crippen LogP contribution < -0.4 is 0 Å². The summed E-state index contributed by atoms with van der Waals surface area (Å²) in [6.07, 6.45) is 0.448. The number of ether oxygens (including phenoxy) is 1. The van der Waals surface area contributed by atoms with Crippen molar-refractivity contribution in [3.8, 4) is 0 Å². The summed E-state index contributed by atoms with van der Waals surface area (Å²) in [6, 6.07) is 12.2. The largest absolute Gasteiger partial charge is 0.481 e. The number of carbonyl (C=O) groups excluding carboxylic acids is 1. The smallest absolute Gasteiger partial charge is 0.307 e. The molecule has 1 unspecified atom stereocenters. The van der Waals surface area contributed by atoms with Gasteiger partial charge in [0.15, 0.2) is 6.10 Å². The van der Waals surface area contributed by atoms with E-state index >= 15 is 0 Å². The Morgan fingerprint density at radius 3 is 2.45 bits per heavy atom. The molecule has 2 rings (SSSR count). The zero-order valence-corrected chi connectivity index (χ0v) is 12.4. The molecule has 1 heterocycles. The second-order valence-electron chi connectivity index (χ2n) is 4.57. The van der Waals surface area contributed by atoms with E-state index in [1.54, 1.807) is 48.7 Å². The molecule has 0 amide bonds. The average molecular weight is 320 g/mol. The summed E-state index contributed by atoms with van der Waals surface area (Å²) in [5.41, 5.74) is 1.28. The van der Waals surface area contributed by atoms with Gasteiger partial charge in [-0.25, -0.2) is 0 Å². The van der Waals surface area contributed by atoms with Crippen LogP contribution in [0.4, 0.5) is 0 Å². The topological polar surface area (TPSA) is 76.5 Å². The number of esters is 1. The Morgan fingerprint density at radius 2 is 1.86 bits per heavy atom. The van der Waals surface area contributed by atoms with Gasteiger partial charge in [0.1, 0.15) is 0 Å². The fourth-order valence-corrected chi connectivity index (χ4v) is 1.99. The first kappa shape index (κ1) is 16.0. The summed E-state index contributed by atoms with van der Waals surface area (Å²) in [5.74, 6) is -1.63. The summed E-state index contributed by atoms with van der Waals surface area (Å²) < 4.78 is 5.41. The number of hydrogen-bond acceptors (Lipinski definition) is 4. The number of carboxylic acids is 1. The molecule has 0 bridgehead atoms. The zero-order valence-electron chi connectivity index (χ0n) is 11.6. The Labute approximate surface area is 132 Å². The molecule has 0 spiro atoms. The maximum absolute atomic E-state index is 11.8. The van der Waals surface area contributed by atoms with Gasteiger partial charge < -0.3 is 9.84 Å². The number of aromatic nitrogens is 1. The first-order chi connectivity index (χ1) is 10.6. The molecule has 0 aliphatic carbocycles. The normalized spacial score (nSPS) is 11.7. The molecule has 0 saturated heterocycles. The van der Waals surface area contributed by atoms with Gasteiger partial charge in [-0.1, -0.05) is 29.8 Å². The van der Waals surface area contributed by atoms with Gasteiger partial charge in [-0.2, -0.15) is 0 Å². The Morgan fingerprint density at radius 1 is 1.14 bits per heavy atom. The number of carbonyl (C=O) groups is 2. The molecule has 0 radical (unpaired) electrons. The summed E-state index contributed by atoms with van der Waals surface area (Å²) in [5, 5.41) is 9.20. The van der Waals surface area contributed by atoms with Crippen molar-refractivity contribution in [2.45, 2.75) is 18.9 Å². The van der Waals surface area contributed by atoms with Gasteiger partial charge in [-0.15, -0.1) is 0 Å². The van der Waals surface area contributed by atoms with Crippen LogP contribution in [-0.2, 0) is 14.3 Å². The fourth-order valence-electron chi connectivity index (χ4n) is 1.87. The molecule has 0 aliphatic rings. The SMILES string of the molecule is O=C(O)CCC(=O)OC(c1ccc(Cl)cc1)c1ccccn1. The monoisotopic (exact) mass is 319 g/mol. The summed E-state index contributed by atoms with van der Waals surface area (Å²) >= 11 is 5.86. The van der Waals surface area contributed by atoms with Crippen LogP contribution in [0.5, 0.6) is 0 Å². The second kappa shape index (κ2) is 7.56. The van der Waals surface area contributed by atoms with Crippen molar-refractivity contribution >= 4 is 23.5 Å². The van der Waals surface area contributed by atoms with Crippen molar-refractivity contribution in [3.63, 3.8) is 0 Å². The number of halogens is 1. The van der Waals surface area contributed by atoms with Crippen LogP contribution >= 0.6 is 11.6 Å². The summed E-state index contributed by atoms with van der Waals surface area (Å²) in [6.45, 7) is 0. The van der Waals surface area contributed by atoms with E-state index in [0.29, 0.717) is 16.3 Å². The maximum Gasteiger partial charge on any atom is 0.307 e. The van der Waals surface area contributed by atoms with Crippen molar-refractivity contribution in [2.75, 3.05) is 0 Å². The predicted molar refractivity (Wildman–Crippen MR) is 80.5 cm³/mol. The quantitative estimate of drug-likeness (QED) is 0.827. The third-order valence-electron chi connectivity index (χ3n) is 2.92. The van der Waals surface area contributed by atoms with Crippen molar-refractivity contribution < 1.29 is 19.4 Å². The Bertz CT molecular complexity index is 643. The van der Waals surface area contributed by atoms with Gasteiger partial charge in [-0.05, 0) is 29.8 Å². The van der Waals surface area contributed by atoms with E-state index in [1.807, 2.05) is 0 Å². The molecule has 5 nitrogen and oxygen atoms in total. The highest BCUT2D eigenvalue weighted by atomic mass is 35.5. The van der Waals surface area contributed by atoms with Gasteiger partial charge in [0.05, 0.1) is 18.5 Å². The lowest BCUT2D eigenvalue weighted by Gasteiger charge is -2.18. The van der Waals surface area contributed by atoms with Crippen molar-refractivity contribution in [3.05, 3.63) is 64.9 Å². The van der Waals surface area contributed by atoms with E-state index in [1.165, 1.54) is 0 Å². The number of rotatable bonds is 6. The van der Waals surface area contributed by atoms with Crippen LogP contribution in [-0.4, -0.2) is 22.0 Å². The number of benzene rings is 1. The molecule has 2 aromatic rings. The molecular weight excluding hydrogens is 306 g/mol. The first-order valence-electron chi connectivity index (χ1n) is 6.64. The van der Waals surface area contributed by atoms with E-state index < -0.39 is 18.0 Å². The predicted octanol–water partition coefficient (Wildman–Crippen LogP) is 3.23. The molecule has 0 saturated carbocycles. The minimum atomic E-state index is -1.04. The standard InChI is InChI=1S/C16H14ClNO4/c17-12-6-4-11(5-7-12)16(13-3-1-2-10-18-13)22-15(21)9-8-14(19)20/h1-7,10,16H,8-9H2,(H,19,20). The molecular formula is C16H14ClNO4. The molecule has 114 valence electrons. The van der Waals surface area contributed by atoms with E-state index in [-0.39, 0.29) is 12.8 Å². The minimum Gasteiger partial charge on any atom is -0.481 e. The van der Waals surface area contributed by atoms with Crippen molar-refractivity contribution in [1.82, 2.24) is 4.98 Å². The van der Waals surface area contributed by atoms with Crippen LogP contribution in [0.1, 0.15) is 30.2 Å². The fraction of sp³-hybridized carbons (Fsp3) is 0.188. The highest BCUT2D eigenvalue weighted by Gasteiger charge is 2.20. The molecule has 0 aliphatic heterocycles. The van der Waals surface area contributed by atoms with Crippen LogP contribution in [0.15, 0.2) is 48.7 Å². The van der Waals surface area contributed by atoms with E-state index in [9.17, 15) is 9.59 Å². The lowest BCUT2D eigenvalue weighted by atomic mass is 10.1. The average Bonchev–Trinajstić information content (AvgIpc) is 2.52. The van der Waals surface area contributed by atoms with Crippen LogP contribution in [0.3, 0.4) is 0 Å². The van der Waals surface area contributed by atoms with Crippen LogP contribution in [0, 0.1) is 0 Å². The van der Waals surface area contributed by atoms with Gasteiger partial charge >= 0.3 is 11.9 Å². The molecule has 1 N–H and O–H groups in total. The maximum atomic E-state index is 11.8. The van der Waals surface area contributed by atoms with Crippen molar-refractivity contribution in [2.24, 2.45) is 0 Å². The molecule has 22 heavy (non-hydrogen) atoms. The molecule has 1 atom stereocenters. The summed E-state index contributed by atoms with van der Waals surface area (Å²) in [7, 11) is 0. The zero-order chi connectivity index (χ0) is 15.9. The lowest BCUT2D eigenvalue weighted by molar-refractivity contribution is -0.150. The Balaban J connectivity index is 2.21. The Hall–Kier alpha value is -2.40. The molecule has 1 aromatic heterocycles. The van der Waals surface area contributed by atoms with Crippen LogP contribution in [0.25, 0.3) is 0 Å². The van der Waals surface area contributed by atoms with Gasteiger partial charge in [0.2, 0.25) is 0 Å². The number of pyridine rings is 1. The lowest BCUT2D eigenvalue weighted by Crippen LogP contribution is -2.14. The highest BCUT2D eigenvalue weighted by molar-refractivity contribution is 6.30. The minimum absolute atomic E-state index is 0.188. The third kappa shape index (κ3) is 4.56. The first-order valence-corrected chi connectivity index (χ1v) is 7.01. The molecule has 6 heteroatoms. The van der Waals surface area contributed by atoms with Gasteiger partial charge in [0.25, 0.3) is 0 Å². The molecule has 1 aromatic carbocycles. The van der Waals surface area contributed by atoms with E-state index in [0.717, 1.165) is 0 Å². The third-order valence-corrected chi connectivity index (χ3v) is 3.17. The number of nitrogens with zero attached hydrogens (tertiary/aromatic N) is 1. The Kier molecular flexibility index (Phi) is 5.49. The molecule has 0 fully saturated rings. The number of carboxylic acid groups (broad SMARTS) is 1. The number of hydrogen-bond donors (Lipinski definition) is 1.